The van der Waals surface area contributed by atoms with Crippen LogP contribution in [0.25, 0.3) is 0 Å². The van der Waals surface area contributed by atoms with E-state index < -0.39 is 5.54 Å². The van der Waals surface area contributed by atoms with Gasteiger partial charge in [0, 0.05) is 6.42 Å². The largest absolute Gasteiger partial charge is 0.286 e. The molecule has 1 atom stereocenters. The van der Waals surface area contributed by atoms with Crippen LogP contribution in [0.3, 0.4) is 0 Å². The van der Waals surface area contributed by atoms with Crippen molar-refractivity contribution >= 4 is 0 Å². The van der Waals surface area contributed by atoms with Gasteiger partial charge in [-0.15, -0.1) is 0 Å². The monoisotopic (exact) mass is 258 g/mol. The number of nitriles is 1. The van der Waals surface area contributed by atoms with Gasteiger partial charge < -0.3 is 0 Å². The smallest absolute Gasteiger partial charge is 0.110 e. The minimum absolute atomic E-state index is 0.403. The Morgan fingerprint density at radius 3 is 2.32 bits per heavy atom. The fraction of sp³-hybridized carbons (Fsp3) is 0.588. The Morgan fingerprint density at radius 1 is 1.21 bits per heavy atom. The molecule has 104 valence electrons. The van der Waals surface area contributed by atoms with Gasteiger partial charge in [-0.1, -0.05) is 43.7 Å². The van der Waals surface area contributed by atoms with Crippen molar-refractivity contribution in [1.29, 1.82) is 5.26 Å². The highest BCUT2D eigenvalue weighted by atomic mass is 15.2. The van der Waals surface area contributed by atoms with Crippen molar-refractivity contribution in [3.63, 3.8) is 0 Å². The summed E-state index contributed by atoms with van der Waals surface area (Å²) >= 11 is 0. The van der Waals surface area contributed by atoms with E-state index in [1.807, 2.05) is 0 Å². The van der Waals surface area contributed by atoms with Gasteiger partial charge in [0.25, 0.3) is 0 Å². The number of hydrogen-bond donors (Lipinski definition) is 0. The van der Waals surface area contributed by atoms with Crippen molar-refractivity contribution in [2.45, 2.75) is 52.5 Å². The van der Waals surface area contributed by atoms with Gasteiger partial charge in [0.1, 0.15) is 5.54 Å². The van der Waals surface area contributed by atoms with E-state index in [-0.39, 0.29) is 0 Å². The van der Waals surface area contributed by atoms with Crippen molar-refractivity contribution in [2.24, 2.45) is 0 Å². The first kappa shape index (κ1) is 15.7. The standard InChI is InChI=1S/C17H26N2/c1-5-10-19(11-6-2)17(4,14-18)13-16-9-7-8-15(3)12-16/h7-9,12H,5-6,10-11,13H2,1-4H3. The number of aryl methyl sites for hydroxylation is 1. The van der Waals surface area contributed by atoms with Crippen LogP contribution in [0.2, 0.25) is 0 Å². The molecule has 0 bridgehead atoms. The summed E-state index contributed by atoms with van der Waals surface area (Å²) in [5, 5.41) is 9.65. The van der Waals surface area contributed by atoms with Crippen LogP contribution in [-0.2, 0) is 6.42 Å². The van der Waals surface area contributed by atoms with Crippen molar-refractivity contribution in [3.8, 4) is 6.07 Å². The molecule has 1 aromatic rings. The van der Waals surface area contributed by atoms with E-state index in [2.05, 4.69) is 62.9 Å². The third-order valence-corrected chi connectivity index (χ3v) is 3.56. The van der Waals surface area contributed by atoms with Crippen LogP contribution in [0.1, 0.15) is 44.7 Å². The molecule has 19 heavy (non-hydrogen) atoms. The van der Waals surface area contributed by atoms with Crippen molar-refractivity contribution < 1.29 is 0 Å². The van der Waals surface area contributed by atoms with Crippen LogP contribution in [0.15, 0.2) is 24.3 Å². The zero-order valence-electron chi connectivity index (χ0n) is 12.7. The molecule has 0 N–H and O–H groups in total. The minimum Gasteiger partial charge on any atom is -0.286 e. The molecular formula is C17H26N2. The molecule has 1 unspecified atom stereocenters. The summed E-state index contributed by atoms with van der Waals surface area (Å²) in [4.78, 5) is 2.33. The molecule has 0 saturated carbocycles. The first-order chi connectivity index (χ1) is 9.05. The maximum Gasteiger partial charge on any atom is 0.110 e. The molecule has 0 saturated heterocycles. The van der Waals surface area contributed by atoms with Gasteiger partial charge in [-0.3, -0.25) is 4.90 Å². The third kappa shape index (κ3) is 4.36. The number of benzene rings is 1. The fourth-order valence-corrected chi connectivity index (χ4v) is 2.59. The summed E-state index contributed by atoms with van der Waals surface area (Å²) < 4.78 is 0. The Labute approximate surface area is 118 Å². The average Bonchev–Trinajstić information content (AvgIpc) is 2.38. The lowest BCUT2D eigenvalue weighted by atomic mass is 9.91. The van der Waals surface area contributed by atoms with E-state index in [9.17, 15) is 5.26 Å². The lowest BCUT2D eigenvalue weighted by Gasteiger charge is -2.36. The predicted octanol–water partition coefficient (Wildman–Crippen LogP) is 3.94. The van der Waals surface area contributed by atoms with Gasteiger partial charge in [-0.2, -0.15) is 5.26 Å². The quantitative estimate of drug-likeness (QED) is 0.740. The maximum atomic E-state index is 9.65. The van der Waals surface area contributed by atoms with Gasteiger partial charge in [0.05, 0.1) is 6.07 Å². The Bertz CT molecular complexity index is 427. The summed E-state index contributed by atoms with van der Waals surface area (Å²) in [7, 11) is 0. The molecule has 0 aliphatic heterocycles. The molecule has 0 aromatic heterocycles. The van der Waals surface area contributed by atoms with E-state index in [1.54, 1.807) is 0 Å². The second-order valence-corrected chi connectivity index (χ2v) is 5.54. The predicted molar refractivity (Wildman–Crippen MR) is 81.1 cm³/mol. The minimum atomic E-state index is -0.403. The van der Waals surface area contributed by atoms with Gasteiger partial charge in [-0.05, 0) is 45.3 Å². The molecule has 1 rings (SSSR count). The molecule has 0 amide bonds. The van der Waals surface area contributed by atoms with E-state index in [0.29, 0.717) is 0 Å². The first-order valence-corrected chi connectivity index (χ1v) is 7.27. The highest BCUT2D eigenvalue weighted by Gasteiger charge is 2.31. The second-order valence-electron chi connectivity index (χ2n) is 5.54. The number of nitrogens with zero attached hydrogens (tertiary/aromatic N) is 2. The molecular weight excluding hydrogens is 232 g/mol. The van der Waals surface area contributed by atoms with E-state index in [1.165, 1.54) is 11.1 Å². The summed E-state index contributed by atoms with van der Waals surface area (Å²) in [6.45, 7) is 10.5. The van der Waals surface area contributed by atoms with E-state index in [4.69, 9.17) is 0 Å². The third-order valence-electron chi connectivity index (χ3n) is 3.56. The van der Waals surface area contributed by atoms with Crippen LogP contribution in [-0.4, -0.2) is 23.5 Å². The highest BCUT2D eigenvalue weighted by Crippen LogP contribution is 2.21. The maximum absolute atomic E-state index is 9.65. The SMILES string of the molecule is CCCN(CCC)C(C)(C#N)Cc1cccc(C)c1. The lowest BCUT2D eigenvalue weighted by Crippen LogP contribution is -2.47. The van der Waals surface area contributed by atoms with Crippen LogP contribution in [0.4, 0.5) is 0 Å². The normalized spacial score (nSPS) is 14.1. The Morgan fingerprint density at radius 2 is 1.84 bits per heavy atom. The summed E-state index contributed by atoms with van der Waals surface area (Å²) in [5.74, 6) is 0. The molecule has 0 aliphatic rings. The Hall–Kier alpha value is -1.33. The molecule has 0 aliphatic carbocycles. The summed E-state index contributed by atoms with van der Waals surface area (Å²) in [6.07, 6.45) is 2.97. The zero-order valence-corrected chi connectivity index (χ0v) is 12.7. The van der Waals surface area contributed by atoms with Gasteiger partial charge in [0.2, 0.25) is 0 Å². The Balaban J connectivity index is 2.92. The molecule has 0 radical (unpaired) electrons. The van der Waals surface area contributed by atoms with E-state index >= 15 is 0 Å². The second kappa shape index (κ2) is 7.31. The van der Waals surface area contributed by atoms with Crippen LogP contribution < -0.4 is 0 Å². The van der Waals surface area contributed by atoms with Crippen molar-refractivity contribution in [3.05, 3.63) is 35.4 Å². The lowest BCUT2D eigenvalue weighted by molar-refractivity contribution is 0.151. The van der Waals surface area contributed by atoms with Gasteiger partial charge >= 0.3 is 0 Å². The summed E-state index contributed by atoms with van der Waals surface area (Å²) in [5.41, 5.74) is 2.11. The molecule has 2 heteroatoms. The molecule has 1 aromatic carbocycles. The Kier molecular flexibility index (Phi) is 6.05. The topological polar surface area (TPSA) is 27.0 Å². The molecule has 0 heterocycles. The van der Waals surface area contributed by atoms with Crippen LogP contribution >= 0.6 is 0 Å². The summed E-state index contributed by atoms with van der Waals surface area (Å²) in [6, 6.07) is 11.0. The highest BCUT2D eigenvalue weighted by molar-refractivity contribution is 5.26. The van der Waals surface area contributed by atoms with Crippen molar-refractivity contribution in [1.82, 2.24) is 4.90 Å². The van der Waals surface area contributed by atoms with E-state index in [0.717, 1.165) is 32.4 Å². The van der Waals surface area contributed by atoms with Gasteiger partial charge in [-0.25, -0.2) is 0 Å². The van der Waals surface area contributed by atoms with Crippen LogP contribution in [0.5, 0.6) is 0 Å². The zero-order chi connectivity index (χ0) is 14.3. The molecule has 0 fully saturated rings. The number of hydrogen-bond acceptors (Lipinski definition) is 2. The molecule has 0 spiro atoms. The number of rotatable bonds is 7. The van der Waals surface area contributed by atoms with Crippen LogP contribution in [0, 0.1) is 18.3 Å². The first-order valence-electron chi connectivity index (χ1n) is 7.27. The fourth-order valence-electron chi connectivity index (χ4n) is 2.59. The van der Waals surface area contributed by atoms with Crippen molar-refractivity contribution in [2.75, 3.05) is 13.1 Å². The molecule has 2 nitrogen and oxygen atoms in total. The van der Waals surface area contributed by atoms with Gasteiger partial charge in [0.15, 0.2) is 0 Å². The average molecular weight is 258 g/mol.